The van der Waals surface area contributed by atoms with Crippen LogP contribution in [0, 0.1) is 11.3 Å². The first kappa shape index (κ1) is 11.3. The molecule has 0 aliphatic rings. The van der Waals surface area contributed by atoms with Crippen LogP contribution in [0.25, 0.3) is 0 Å². The zero-order valence-electron chi connectivity index (χ0n) is 8.69. The van der Waals surface area contributed by atoms with E-state index < -0.39 is 0 Å². The summed E-state index contributed by atoms with van der Waals surface area (Å²) in [6.45, 7) is 2.19. The summed E-state index contributed by atoms with van der Waals surface area (Å²) < 4.78 is 4.83. The molecule has 0 aliphatic heterocycles. The van der Waals surface area contributed by atoms with E-state index in [0.717, 1.165) is 11.1 Å². The SMILES string of the molecule is CCOC(=O)Cc1ccc(CC#N)cc1. The summed E-state index contributed by atoms with van der Waals surface area (Å²) in [5.74, 6) is -0.217. The second-order valence-corrected chi connectivity index (χ2v) is 3.13. The smallest absolute Gasteiger partial charge is 0.310 e. The monoisotopic (exact) mass is 203 g/mol. The van der Waals surface area contributed by atoms with Crippen molar-refractivity contribution in [3.05, 3.63) is 35.4 Å². The number of carbonyl (C=O) groups excluding carboxylic acids is 1. The summed E-state index contributed by atoms with van der Waals surface area (Å²) in [6.07, 6.45) is 0.695. The van der Waals surface area contributed by atoms with Gasteiger partial charge in [-0.05, 0) is 18.1 Å². The molecule has 0 N–H and O–H groups in total. The van der Waals surface area contributed by atoms with E-state index in [-0.39, 0.29) is 5.97 Å². The number of nitriles is 1. The summed E-state index contributed by atoms with van der Waals surface area (Å²) in [5.41, 5.74) is 1.88. The van der Waals surface area contributed by atoms with Gasteiger partial charge >= 0.3 is 5.97 Å². The Morgan fingerprint density at radius 3 is 2.47 bits per heavy atom. The number of esters is 1. The van der Waals surface area contributed by atoms with Crippen molar-refractivity contribution < 1.29 is 9.53 Å². The average Bonchev–Trinajstić information content (AvgIpc) is 2.22. The van der Waals surface area contributed by atoms with Crippen LogP contribution >= 0.6 is 0 Å². The highest BCUT2D eigenvalue weighted by molar-refractivity contribution is 5.72. The van der Waals surface area contributed by atoms with Crippen molar-refractivity contribution in [3.63, 3.8) is 0 Å². The van der Waals surface area contributed by atoms with E-state index in [4.69, 9.17) is 10.00 Å². The van der Waals surface area contributed by atoms with Gasteiger partial charge in [0.25, 0.3) is 0 Å². The Morgan fingerprint density at radius 1 is 1.33 bits per heavy atom. The van der Waals surface area contributed by atoms with Gasteiger partial charge in [0, 0.05) is 0 Å². The topological polar surface area (TPSA) is 50.1 Å². The Balaban J connectivity index is 2.57. The van der Waals surface area contributed by atoms with Crippen molar-refractivity contribution in [3.8, 4) is 6.07 Å². The van der Waals surface area contributed by atoms with Gasteiger partial charge < -0.3 is 4.74 Å². The molecule has 78 valence electrons. The quantitative estimate of drug-likeness (QED) is 0.702. The summed E-state index contributed by atoms with van der Waals surface area (Å²) >= 11 is 0. The van der Waals surface area contributed by atoms with Crippen molar-refractivity contribution in [2.24, 2.45) is 0 Å². The average molecular weight is 203 g/mol. The summed E-state index contributed by atoms with van der Waals surface area (Å²) in [7, 11) is 0. The van der Waals surface area contributed by atoms with Crippen molar-refractivity contribution in [2.75, 3.05) is 6.61 Å². The van der Waals surface area contributed by atoms with Crippen molar-refractivity contribution in [1.29, 1.82) is 5.26 Å². The maximum Gasteiger partial charge on any atom is 0.310 e. The number of rotatable bonds is 4. The molecule has 3 nitrogen and oxygen atoms in total. The predicted octanol–water partition coefficient (Wildman–Crippen LogP) is 1.86. The Labute approximate surface area is 89.3 Å². The molecule has 15 heavy (non-hydrogen) atoms. The number of hydrogen-bond acceptors (Lipinski definition) is 3. The highest BCUT2D eigenvalue weighted by Crippen LogP contribution is 2.06. The minimum absolute atomic E-state index is 0.217. The van der Waals surface area contributed by atoms with Gasteiger partial charge in [-0.25, -0.2) is 0 Å². The fourth-order valence-corrected chi connectivity index (χ4v) is 1.24. The summed E-state index contributed by atoms with van der Waals surface area (Å²) in [6, 6.07) is 9.49. The van der Waals surface area contributed by atoms with Crippen LogP contribution in [0.3, 0.4) is 0 Å². The first-order chi connectivity index (χ1) is 7.26. The second kappa shape index (κ2) is 5.82. The van der Waals surface area contributed by atoms with E-state index >= 15 is 0 Å². The minimum Gasteiger partial charge on any atom is -0.466 e. The molecule has 0 fully saturated rings. The lowest BCUT2D eigenvalue weighted by Gasteiger charge is -2.02. The van der Waals surface area contributed by atoms with E-state index in [0.29, 0.717) is 19.4 Å². The fourth-order valence-electron chi connectivity index (χ4n) is 1.24. The van der Waals surface area contributed by atoms with Crippen LogP contribution in [0.5, 0.6) is 0 Å². The zero-order valence-corrected chi connectivity index (χ0v) is 8.69. The molecule has 1 aromatic rings. The van der Waals surface area contributed by atoms with E-state index in [1.54, 1.807) is 6.92 Å². The summed E-state index contributed by atoms with van der Waals surface area (Å²) in [5, 5.41) is 8.48. The van der Waals surface area contributed by atoms with Crippen LogP contribution in [-0.4, -0.2) is 12.6 Å². The second-order valence-electron chi connectivity index (χ2n) is 3.13. The molecule has 3 heteroatoms. The number of nitrogens with zero attached hydrogens (tertiary/aromatic N) is 1. The van der Waals surface area contributed by atoms with Crippen LogP contribution in [-0.2, 0) is 22.4 Å². The molecule has 0 heterocycles. The molecule has 1 rings (SSSR count). The molecule has 0 saturated carbocycles. The van der Waals surface area contributed by atoms with Crippen LogP contribution < -0.4 is 0 Å². The van der Waals surface area contributed by atoms with Crippen molar-refractivity contribution >= 4 is 5.97 Å². The van der Waals surface area contributed by atoms with Gasteiger partial charge in [0.1, 0.15) is 0 Å². The Kier molecular flexibility index (Phi) is 4.36. The van der Waals surface area contributed by atoms with Crippen molar-refractivity contribution in [1.82, 2.24) is 0 Å². The molecule has 0 unspecified atom stereocenters. The number of hydrogen-bond donors (Lipinski definition) is 0. The Morgan fingerprint density at radius 2 is 1.93 bits per heavy atom. The van der Waals surface area contributed by atoms with Crippen LogP contribution in [0.15, 0.2) is 24.3 Å². The van der Waals surface area contributed by atoms with Gasteiger partial charge in [-0.15, -0.1) is 0 Å². The lowest BCUT2D eigenvalue weighted by atomic mass is 10.1. The van der Waals surface area contributed by atoms with E-state index in [1.807, 2.05) is 24.3 Å². The van der Waals surface area contributed by atoms with E-state index in [9.17, 15) is 4.79 Å². The van der Waals surface area contributed by atoms with E-state index in [2.05, 4.69) is 6.07 Å². The molecule has 0 spiro atoms. The molecule has 1 aromatic carbocycles. The number of ether oxygens (including phenoxy) is 1. The van der Waals surface area contributed by atoms with Gasteiger partial charge in [-0.1, -0.05) is 24.3 Å². The van der Waals surface area contributed by atoms with Crippen molar-refractivity contribution in [2.45, 2.75) is 19.8 Å². The standard InChI is InChI=1S/C12H13NO2/c1-2-15-12(14)9-11-5-3-10(4-6-11)7-8-13/h3-6H,2,7,9H2,1H3. The van der Waals surface area contributed by atoms with Gasteiger partial charge in [-0.3, -0.25) is 4.79 Å². The van der Waals surface area contributed by atoms with Gasteiger partial charge in [0.05, 0.1) is 25.5 Å². The first-order valence-electron chi connectivity index (χ1n) is 4.86. The molecule has 0 bridgehead atoms. The molecule has 0 atom stereocenters. The minimum atomic E-state index is -0.217. The highest BCUT2D eigenvalue weighted by atomic mass is 16.5. The maximum atomic E-state index is 11.1. The normalized spacial score (nSPS) is 9.33. The van der Waals surface area contributed by atoms with Gasteiger partial charge in [0.15, 0.2) is 0 Å². The molecule has 0 radical (unpaired) electrons. The zero-order chi connectivity index (χ0) is 11.1. The number of carbonyl (C=O) groups is 1. The molecular weight excluding hydrogens is 190 g/mol. The highest BCUT2D eigenvalue weighted by Gasteiger charge is 2.03. The summed E-state index contributed by atoms with van der Waals surface area (Å²) in [4.78, 5) is 11.1. The molecule has 0 saturated heterocycles. The predicted molar refractivity (Wildman–Crippen MR) is 56.1 cm³/mol. The maximum absolute atomic E-state index is 11.1. The fraction of sp³-hybridized carbons (Fsp3) is 0.333. The third-order valence-electron chi connectivity index (χ3n) is 1.96. The molecule has 0 aliphatic carbocycles. The lowest BCUT2D eigenvalue weighted by Crippen LogP contribution is -2.07. The third-order valence-corrected chi connectivity index (χ3v) is 1.96. The Hall–Kier alpha value is -1.82. The van der Waals surface area contributed by atoms with Crippen LogP contribution in [0.2, 0.25) is 0 Å². The first-order valence-corrected chi connectivity index (χ1v) is 4.86. The number of benzene rings is 1. The Bertz CT molecular complexity index is 362. The molecule has 0 amide bonds. The van der Waals surface area contributed by atoms with Crippen LogP contribution in [0.1, 0.15) is 18.1 Å². The van der Waals surface area contributed by atoms with E-state index in [1.165, 1.54) is 0 Å². The van der Waals surface area contributed by atoms with Gasteiger partial charge in [-0.2, -0.15) is 5.26 Å². The molecular formula is C12H13NO2. The lowest BCUT2D eigenvalue weighted by molar-refractivity contribution is -0.142. The molecule has 0 aromatic heterocycles. The van der Waals surface area contributed by atoms with Gasteiger partial charge in [0.2, 0.25) is 0 Å². The van der Waals surface area contributed by atoms with Crippen LogP contribution in [0.4, 0.5) is 0 Å². The largest absolute Gasteiger partial charge is 0.466 e. The third kappa shape index (κ3) is 3.82.